The topological polar surface area (TPSA) is 29.9 Å². The first kappa shape index (κ1) is 12.6. The molecule has 2 unspecified atom stereocenters. The van der Waals surface area contributed by atoms with Crippen LogP contribution in [0, 0.1) is 5.92 Å². The molecule has 0 bridgehead atoms. The number of aryl methyl sites for hydroxylation is 2. The van der Waals surface area contributed by atoms with E-state index >= 15 is 0 Å². The van der Waals surface area contributed by atoms with Gasteiger partial charge in [-0.05, 0) is 32.7 Å². The van der Waals surface area contributed by atoms with Crippen LogP contribution in [0.2, 0.25) is 0 Å². The van der Waals surface area contributed by atoms with Gasteiger partial charge in [0.1, 0.15) is 11.5 Å². The quantitative estimate of drug-likeness (QED) is 0.872. The van der Waals surface area contributed by atoms with Crippen molar-refractivity contribution in [1.29, 1.82) is 0 Å². The minimum atomic E-state index is -1.08. The average molecular weight is 239 g/mol. The van der Waals surface area contributed by atoms with Crippen molar-refractivity contribution in [3.8, 4) is 0 Å². The summed E-state index contributed by atoms with van der Waals surface area (Å²) in [6.45, 7) is 3.59. The van der Waals surface area contributed by atoms with Gasteiger partial charge in [0.2, 0.25) is 0 Å². The molecule has 1 saturated heterocycles. The normalized spacial score (nSPS) is 24.5. The summed E-state index contributed by atoms with van der Waals surface area (Å²) < 4.78 is 16.6. The Balaban J connectivity index is 1.90. The molecule has 3 nitrogen and oxygen atoms in total. The predicted molar refractivity (Wildman–Crippen MR) is 66.6 cm³/mol. The molecule has 0 amide bonds. The molecule has 2 heterocycles. The molecule has 0 saturated carbocycles. The molecule has 96 valence electrons. The average Bonchev–Trinajstić information content (AvgIpc) is 2.74. The lowest BCUT2D eigenvalue weighted by molar-refractivity contribution is 0.0733. The summed E-state index contributed by atoms with van der Waals surface area (Å²) in [5.41, 5.74) is -1.08. The molecule has 1 aliphatic rings. The third kappa shape index (κ3) is 3.06. The van der Waals surface area contributed by atoms with Crippen molar-refractivity contribution in [2.75, 3.05) is 13.1 Å². The largest absolute Gasteiger partial charge is 0.338 e. The van der Waals surface area contributed by atoms with Crippen LogP contribution in [0.1, 0.15) is 32.0 Å². The van der Waals surface area contributed by atoms with Gasteiger partial charge in [-0.15, -0.1) is 0 Å². The van der Waals surface area contributed by atoms with Gasteiger partial charge in [-0.1, -0.05) is 0 Å². The monoisotopic (exact) mass is 239 g/mol. The summed E-state index contributed by atoms with van der Waals surface area (Å²) in [7, 11) is 1.96. The number of halogens is 1. The maximum absolute atomic E-state index is 14.6. The Morgan fingerprint density at radius 3 is 3.06 bits per heavy atom. The minimum absolute atomic E-state index is 0.150. The van der Waals surface area contributed by atoms with Gasteiger partial charge in [0, 0.05) is 38.3 Å². The van der Waals surface area contributed by atoms with Crippen molar-refractivity contribution in [2.45, 2.75) is 38.3 Å². The summed E-state index contributed by atoms with van der Waals surface area (Å²) in [5, 5.41) is 3.28. The van der Waals surface area contributed by atoms with E-state index in [1.165, 1.54) is 0 Å². The lowest BCUT2D eigenvalue weighted by atomic mass is 9.82. The Hall–Kier alpha value is -0.900. The second kappa shape index (κ2) is 5.17. The van der Waals surface area contributed by atoms with Crippen LogP contribution in [0.25, 0.3) is 0 Å². The Morgan fingerprint density at radius 1 is 1.65 bits per heavy atom. The molecule has 1 aliphatic heterocycles. The highest BCUT2D eigenvalue weighted by atomic mass is 19.1. The third-order valence-electron chi connectivity index (χ3n) is 3.91. The Morgan fingerprint density at radius 2 is 2.47 bits per heavy atom. The van der Waals surface area contributed by atoms with Crippen LogP contribution in [0.5, 0.6) is 0 Å². The van der Waals surface area contributed by atoms with Gasteiger partial charge in [-0.3, -0.25) is 0 Å². The molecule has 4 heteroatoms. The van der Waals surface area contributed by atoms with Crippen molar-refractivity contribution in [1.82, 2.24) is 14.9 Å². The van der Waals surface area contributed by atoms with E-state index in [1.54, 1.807) is 13.1 Å². The van der Waals surface area contributed by atoms with Gasteiger partial charge in [-0.25, -0.2) is 9.37 Å². The van der Waals surface area contributed by atoms with Crippen molar-refractivity contribution in [3.05, 3.63) is 18.2 Å². The van der Waals surface area contributed by atoms with Gasteiger partial charge in [-0.2, -0.15) is 0 Å². The molecule has 2 atom stereocenters. The Bertz CT molecular complexity index is 353. The fraction of sp³-hybridized carbons (Fsp3) is 0.769. The minimum Gasteiger partial charge on any atom is -0.338 e. The highest BCUT2D eigenvalue weighted by Gasteiger charge is 2.34. The molecule has 17 heavy (non-hydrogen) atoms. The SMILES string of the molecule is Cn1ccnc1CCC(C)(F)C1CCCNC1. The van der Waals surface area contributed by atoms with Crippen molar-refractivity contribution in [3.63, 3.8) is 0 Å². The van der Waals surface area contributed by atoms with Crippen LogP contribution >= 0.6 is 0 Å². The molecular formula is C13H22FN3. The van der Waals surface area contributed by atoms with E-state index in [-0.39, 0.29) is 5.92 Å². The maximum Gasteiger partial charge on any atom is 0.112 e. The summed E-state index contributed by atoms with van der Waals surface area (Å²) in [6.07, 6.45) is 7.05. The summed E-state index contributed by atoms with van der Waals surface area (Å²) >= 11 is 0. The van der Waals surface area contributed by atoms with E-state index in [2.05, 4.69) is 10.3 Å². The number of nitrogens with one attached hydrogen (secondary N) is 1. The number of imidazole rings is 1. The lowest BCUT2D eigenvalue weighted by Gasteiger charge is -2.33. The van der Waals surface area contributed by atoms with Gasteiger partial charge in [0.05, 0.1) is 0 Å². The Kier molecular flexibility index (Phi) is 3.82. The first-order chi connectivity index (χ1) is 8.09. The van der Waals surface area contributed by atoms with Crippen LogP contribution in [-0.2, 0) is 13.5 Å². The van der Waals surface area contributed by atoms with Crippen LogP contribution in [0.3, 0.4) is 0 Å². The first-order valence-corrected chi connectivity index (χ1v) is 6.45. The number of hydrogen-bond acceptors (Lipinski definition) is 2. The molecule has 0 radical (unpaired) electrons. The van der Waals surface area contributed by atoms with E-state index in [9.17, 15) is 4.39 Å². The molecule has 0 spiro atoms. The van der Waals surface area contributed by atoms with Crippen molar-refractivity contribution < 1.29 is 4.39 Å². The highest BCUT2D eigenvalue weighted by Crippen LogP contribution is 2.31. The third-order valence-corrected chi connectivity index (χ3v) is 3.91. The highest BCUT2D eigenvalue weighted by molar-refractivity contribution is 4.95. The molecule has 1 aromatic heterocycles. The van der Waals surface area contributed by atoms with Crippen molar-refractivity contribution in [2.24, 2.45) is 13.0 Å². The number of rotatable bonds is 4. The second-order valence-corrected chi connectivity index (χ2v) is 5.28. The van der Waals surface area contributed by atoms with Crippen LogP contribution in [-0.4, -0.2) is 28.3 Å². The zero-order valence-corrected chi connectivity index (χ0v) is 10.7. The molecule has 1 fully saturated rings. The second-order valence-electron chi connectivity index (χ2n) is 5.28. The van der Waals surface area contributed by atoms with Crippen LogP contribution < -0.4 is 5.32 Å². The Labute approximate surface area is 102 Å². The molecule has 0 aliphatic carbocycles. The molecule has 0 aromatic carbocycles. The fourth-order valence-corrected chi connectivity index (χ4v) is 2.56. The van der Waals surface area contributed by atoms with E-state index < -0.39 is 5.67 Å². The summed E-state index contributed by atoms with van der Waals surface area (Å²) in [4.78, 5) is 4.24. The van der Waals surface area contributed by atoms with Gasteiger partial charge in [0.15, 0.2) is 0 Å². The zero-order valence-electron chi connectivity index (χ0n) is 10.7. The van der Waals surface area contributed by atoms with Gasteiger partial charge >= 0.3 is 0 Å². The smallest absolute Gasteiger partial charge is 0.112 e. The molecule has 1 aromatic rings. The number of hydrogen-bond donors (Lipinski definition) is 1. The van der Waals surface area contributed by atoms with E-state index in [0.29, 0.717) is 12.8 Å². The number of alkyl halides is 1. The zero-order chi connectivity index (χ0) is 12.3. The van der Waals surface area contributed by atoms with Crippen LogP contribution in [0.4, 0.5) is 4.39 Å². The fourth-order valence-electron chi connectivity index (χ4n) is 2.56. The maximum atomic E-state index is 14.6. The summed E-state index contributed by atoms with van der Waals surface area (Å²) in [6, 6.07) is 0. The lowest BCUT2D eigenvalue weighted by Crippen LogP contribution is -2.41. The number of nitrogens with zero attached hydrogens (tertiary/aromatic N) is 2. The predicted octanol–water partition coefficient (Wildman–Crippen LogP) is 2.08. The standard InChI is InChI=1S/C13H22FN3/c1-13(14,11-4-3-7-15-10-11)6-5-12-16-8-9-17(12)2/h8-9,11,15H,3-7,10H2,1-2H3. The van der Waals surface area contributed by atoms with Gasteiger partial charge in [0.25, 0.3) is 0 Å². The number of piperidine rings is 1. The van der Waals surface area contributed by atoms with E-state index in [1.807, 2.05) is 17.8 Å². The van der Waals surface area contributed by atoms with Crippen LogP contribution in [0.15, 0.2) is 12.4 Å². The molecule has 2 rings (SSSR count). The van der Waals surface area contributed by atoms with Gasteiger partial charge < -0.3 is 9.88 Å². The molecular weight excluding hydrogens is 217 g/mol. The van der Waals surface area contributed by atoms with Crippen molar-refractivity contribution >= 4 is 0 Å². The summed E-state index contributed by atoms with van der Waals surface area (Å²) in [5.74, 6) is 1.12. The van der Waals surface area contributed by atoms with E-state index in [0.717, 1.165) is 31.8 Å². The molecule has 1 N–H and O–H groups in total. The number of aromatic nitrogens is 2. The first-order valence-electron chi connectivity index (χ1n) is 6.45. The van der Waals surface area contributed by atoms with E-state index in [4.69, 9.17) is 0 Å².